The van der Waals surface area contributed by atoms with Crippen molar-refractivity contribution in [2.45, 2.75) is 22.6 Å². The molecule has 196 valence electrons. The molecule has 0 saturated carbocycles. The SMILES string of the molecule is COc1ccc(S(=O)(=O)N2CCCC2)cc1NC(=O)CN(c1ccccc1)S(=O)(=O)c1ccc(F)cc1. The molecule has 1 saturated heterocycles. The largest absolute Gasteiger partial charge is 0.495 e. The molecule has 0 spiro atoms. The predicted octanol–water partition coefficient (Wildman–Crippen LogP) is 3.45. The Balaban J connectivity index is 1.64. The van der Waals surface area contributed by atoms with E-state index in [0.717, 1.165) is 41.4 Å². The van der Waals surface area contributed by atoms with Gasteiger partial charge in [-0.3, -0.25) is 9.10 Å². The lowest BCUT2D eigenvalue weighted by Crippen LogP contribution is -2.38. The van der Waals surface area contributed by atoms with Gasteiger partial charge in [0.1, 0.15) is 18.1 Å². The Bertz CT molecular complexity index is 1470. The van der Waals surface area contributed by atoms with Gasteiger partial charge in [0.05, 0.1) is 28.3 Å². The first-order chi connectivity index (χ1) is 17.6. The lowest BCUT2D eigenvalue weighted by molar-refractivity contribution is -0.114. The molecule has 1 N–H and O–H groups in total. The van der Waals surface area contributed by atoms with Crippen molar-refractivity contribution in [3.8, 4) is 5.75 Å². The lowest BCUT2D eigenvalue weighted by atomic mass is 10.3. The van der Waals surface area contributed by atoms with Crippen molar-refractivity contribution in [1.29, 1.82) is 0 Å². The van der Waals surface area contributed by atoms with Crippen LogP contribution >= 0.6 is 0 Å². The van der Waals surface area contributed by atoms with Gasteiger partial charge in [0.25, 0.3) is 10.0 Å². The second-order valence-electron chi connectivity index (χ2n) is 8.32. The van der Waals surface area contributed by atoms with Gasteiger partial charge in [-0.25, -0.2) is 21.2 Å². The van der Waals surface area contributed by atoms with Gasteiger partial charge < -0.3 is 10.1 Å². The van der Waals surface area contributed by atoms with Crippen molar-refractivity contribution in [2.24, 2.45) is 0 Å². The van der Waals surface area contributed by atoms with Crippen LogP contribution in [0.25, 0.3) is 0 Å². The third-order valence-electron chi connectivity index (χ3n) is 5.88. The summed E-state index contributed by atoms with van der Waals surface area (Å²) in [6.45, 7) is 0.211. The molecule has 0 radical (unpaired) electrons. The number of nitrogens with one attached hydrogen (secondary N) is 1. The minimum atomic E-state index is -4.24. The molecule has 1 aliphatic rings. The van der Waals surface area contributed by atoms with Crippen molar-refractivity contribution in [3.63, 3.8) is 0 Å². The molecule has 0 aliphatic carbocycles. The zero-order valence-electron chi connectivity index (χ0n) is 20.0. The molecular weight excluding hydrogens is 521 g/mol. The summed E-state index contributed by atoms with van der Waals surface area (Å²) in [6.07, 6.45) is 1.55. The zero-order chi connectivity index (χ0) is 26.6. The molecule has 0 aromatic heterocycles. The quantitative estimate of drug-likeness (QED) is 0.439. The maximum Gasteiger partial charge on any atom is 0.264 e. The number of carbonyl (C=O) groups is 1. The average Bonchev–Trinajstić information content (AvgIpc) is 3.44. The van der Waals surface area contributed by atoms with Crippen LogP contribution in [0.1, 0.15) is 12.8 Å². The van der Waals surface area contributed by atoms with Gasteiger partial charge in [-0.05, 0) is 67.4 Å². The van der Waals surface area contributed by atoms with Crippen LogP contribution < -0.4 is 14.4 Å². The first kappa shape index (κ1) is 26.6. The number of nitrogens with zero attached hydrogens (tertiary/aromatic N) is 2. The van der Waals surface area contributed by atoms with Crippen molar-refractivity contribution >= 4 is 37.3 Å². The van der Waals surface area contributed by atoms with E-state index in [1.807, 2.05) is 0 Å². The van der Waals surface area contributed by atoms with Crippen molar-refractivity contribution in [2.75, 3.05) is 36.4 Å². The van der Waals surface area contributed by atoms with Gasteiger partial charge in [0, 0.05) is 13.1 Å². The molecule has 1 heterocycles. The number of methoxy groups -OCH3 is 1. The van der Waals surface area contributed by atoms with Crippen LogP contribution in [0.4, 0.5) is 15.8 Å². The normalized spacial score (nSPS) is 14.3. The minimum absolute atomic E-state index is 0.00986. The maximum absolute atomic E-state index is 13.4. The molecule has 4 rings (SSSR count). The number of hydrogen-bond donors (Lipinski definition) is 1. The van der Waals surface area contributed by atoms with E-state index in [1.54, 1.807) is 18.2 Å². The molecule has 0 unspecified atom stereocenters. The fourth-order valence-corrected chi connectivity index (χ4v) is 6.95. The first-order valence-electron chi connectivity index (χ1n) is 11.4. The Morgan fingerprint density at radius 2 is 1.57 bits per heavy atom. The third-order valence-corrected chi connectivity index (χ3v) is 9.56. The smallest absolute Gasteiger partial charge is 0.264 e. The summed E-state index contributed by atoms with van der Waals surface area (Å²) < 4.78 is 73.8. The fraction of sp³-hybridized carbons (Fsp3) is 0.240. The highest BCUT2D eigenvalue weighted by atomic mass is 32.2. The second-order valence-corrected chi connectivity index (χ2v) is 12.1. The van der Waals surface area contributed by atoms with Crippen LogP contribution in [0.2, 0.25) is 0 Å². The summed E-state index contributed by atoms with van der Waals surface area (Å²) in [5, 5.41) is 2.58. The van der Waals surface area contributed by atoms with Crippen LogP contribution in [-0.4, -0.2) is 53.8 Å². The van der Waals surface area contributed by atoms with E-state index in [4.69, 9.17) is 4.74 Å². The number of benzene rings is 3. The van der Waals surface area contributed by atoms with Gasteiger partial charge in [0.2, 0.25) is 15.9 Å². The summed E-state index contributed by atoms with van der Waals surface area (Å²) in [6, 6.07) is 16.4. The van der Waals surface area contributed by atoms with E-state index in [0.29, 0.717) is 13.1 Å². The fourth-order valence-electron chi connectivity index (χ4n) is 3.99. The summed E-state index contributed by atoms with van der Waals surface area (Å²) in [5.74, 6) is -1.12. The predicted molar refractivity (Wildman–Crippen MR) is 137 cm³/mol. The van der Waals surface area contributed by atoms with Crippen LogP contribution in [0, 0.1) is 5.82 Å². The standard InChI is InChI=1S/C25H26FN3O6S2/c1-35-24-14-13-22(36(31,32)28-15-5-6-16-28)17-23(24)27-25(30)18-29(20-7-3-2-4-8-20)37(33,34)21-11-9-19(26)10-12-21/h2-4,7-14,17H,5-6,15-16,18H2,1H3,(H,27,30). The van der Waals surface area contributed by atoms with Gasteiger partial charge >= 0.3 is 0 Å². The van der Waals surface area contributed by atoms with Gasteiger partial charge in [-0.15, -0.1) is 0 Å². The summed E-state index contributed by atoms with van der Waals surface area (Å²) in [4.78, 5) is 12.9. The number of para-hydroxylation sites is 1. The number of sulfonamides is 2. The van der Waals surface area contributed by atoms with E-state index in [-0.39, 0.29) is 26.9 Å². The van der Waals surface area contributed by atoms with E-state index in [1.165, 1.54) is 41.7 Å². The van der Waals surface area contributed by atoms with Gasteiger partial charge in [0.15, 0.2) is 0 Å². The monoisotopic (exact) mass is 547 g/mol. The number of ether oxygens (including phenoxy) is 1. The van der Waals surface area contributed by atoms with Crippen LogP contribution in [-0.2, 0) is 24.8 Å². The highest BCUT2D eigenvalue weighted by Crippen LogP contribution is 2.31. The van der Waals surface area contributed by atoms with Gasteiger partial charge in [-0.1, -0.05) is 18.2 Å². The summed E-state index contributed by atoms with van der Waals surface area (Å²) in [7, 11) is -6.64. The Hall–Kier alpha value is -3.48. The van der Waals surface area contributed by atoms with Crippen molar-refractivity contribution in [3.05, 3.63) is 78.6 Å². The molecule has 3 aromatic rings. The average molecular weight is 548 g/mol. The molecule has 37 heavy (non-hydrogen) atoms. The van der Waals surface area contributed by atoms with E-state index < -0.39 is 38.3 Å². The Morgan fingerprint density at radius 3 is 2.19 bits per heavy atom. The van der Waals surface area contributed by atoms with E-state index >= 15 is 0 Å². The number of hydrogen-bond acceptors (Lipinski definition) is 6. The summed E-state index contributed by atoms with van der Waals surface area (Å²) in [5.41, 5.74) is 0.305. The number of rotatable bonds is 9. The second kappa shape index (κ2) is 10.9. The Labute approximate surface area is 215 Å². The first-order valence-corrected chi connectivity index (χ1v) is 14.3. The van der Waals surface area contributed by atoms with E-state index in [2.05, 4.69) is 5.32 Å². The molecule has 9 nitrogen and oxygen atoms in total. The van der Waals surface area contributed by atoms with Gasteiger partial charge in [-0.2, -0.15) is 4.31 Å². The van der Waals surface area contributed by atoms with Crippen LogP contribution in [0.15, 0.2) is 82.6 Å². The molecular formula is C25H26FN3O6S2. The zero-order valence-corrected chi connectivity index (χ0v) is 21.6. The maximum atomic E-state index is 13.4. The molecule has 0 atom stereocenters. The number of amides is 1. The van der Waals surface area contributed by atoms with E-state index in [9.17, 15) is 26.0 Å². The van der Waals surface area contributed by atoms with Crippen LogP contribution in [0.5, 0.6) is 5.75 Å². The van der Waals surface area contributed by atoms with Crippen molar-refractivity contribution < 1.29 is 30.8 Å². The number of anilines is 2. The Morgan fingerprint density at radius 1 is 0.946 bits per heavy atom. The molecule has 1 amide bonds. The number of halogens is 1. The molecule has 1 fully saturated rings. The number of carbonyl (C=O) groups excluding carboxylic acids is 1. The topological polar surface area (TPSA) is 113 Å². The van der Waals surface area contributed by atoms with Crippen molar-refractivity contribution in [1.82, 2.24) is 4.31 Å². The highest BCUT2D eigenvalue weighted by Gasteiger charge is 2.30. The summed E-state index contributed by atoms with van der Waals surface area (Å²) >= 11 is 0. The Kier molecular flexibility index (Phi) is 7.81. The molecule has 12 heteroatoms. The third kappa shape index (κ3) is 5.76. The molecule has 1 aliphatic heterocycles. The highest BCUT2D eigenvalue weighted by molar-refractivity contribution is 7.92. The molecule has 0 bridgehead atoms. The molecule has 3 aromatic carbocycles. The lowest BCUT2D eigenvalue weighted by Gasteiger charge is -2.24. The van der Waals surface area contributed by atoms with Crippen LogP contribution in [0.3, 0.4) is 0 Å². The minimum Gasteiger partial charge on any atom is -0.495 e.